The van der Waals surface area contributed by atoms with E-state index in [1.807, 2.05) is 44.2 Å². The fourth-order valence-corrected chi connectivity index (χ4v) is 6.24. The van der Waals surface area contributed by atoms with Gasteiger partial charge in [-0.3, -0.25) is 18.7 Å². The molecule has 1 aliphatic rings. The molecule has 2 atom stereocenters. The molecule has 2 aromatic carbocycles. The number of aromatic nitrogens is 1. The number of nitrogens with zero attached hydrogens (tertiary/aromatic N) is 2. The average molecular weight is 527 g/mol. The van der Waals surface area contributed by atoms with Crippen LogP contribution in [0.15, 0.2) is 70.5 Å². The summed E-state index contributed by atoms with van der Waals surface area (Å²) in [7, 11) is -1.62. The summed E-state index contributed by atoms with van der Waals surface area (Å²) in [5, 5.41) is 0. The Kier molecular flexibility index (Phi) is 8.08. The van der Waals surface area contributed by atoms with Crippen molar-refractivity contribution in [3.63, 3.8) is 0 Å². The zero-order valence-electron chi connectivity index (χ0n) is 21.6. The Morgan fingerprint density at radius 1 is 1.16 bits per heavy atom. The van der Waals surface area contributed by atoms with Gasteiger partial charge in [-0.05, 0) is 61.2 Å². The topological polar surface area (TPSA) is 101 Å². The molecule has 1 aliphatic heterocycles. The molecular formula is C28H34N2O6S. The van der Waals surface area contributed by atoms with Gasteiger partial charge in [0.2, 0.25) is 0 Å². The first kappa shape index (κ1) is 26.9. The molecule has 37 heavy (non-hydrogen) atoms. The van der Waals surface area contributed by atoms with Crippen LogP contribution in [0.1, 0.15) is 48.4 Å². The molecule has 9 heteroatoms. The van der Waals surface area contributed by atoms with Crippen LogP contribution >= 0.6 is 10.8 Å². The second kappa shape index (κ2) is 11.1. The van der Waals surface area contributed by atoms with Crippen LogP contribution in [0.4, 0.5) is 0 Å². The molecule has 0 radical (unpaired) electrons. The molecule has 0 amide bonds. The van der Waals surface area contributed by atoms with E-state index in [2.05, 4.69) is 0 Å². The van der Waals surface area contributed by atoms with Gasteiger partial charge in [-0.2, -0.15) is 4.31 Å². The molecule has 0 bridgehead atoms. The normalized spacial score (nSPS) is 18.7. The van der Waals surface area contributed by atoms with Crippen LogP contribution < -0.4 is 10.3 Å². The molecule has 0 spiro atoms. The number of hydrogen-bond donors (Lipinski definition) is 2. The van der Waals surface area contributed by atoms with E-state index < -0.39 is 10.8 Å². The van der Waals surface area contributed by atoms with Crippen molar-refractivity contribution in [2.24, 2.45) is 7.05 Å². The number of esters is 1. The van der Waals surface area contributed by atoms with Gasteiger partial charge in [0.05, 0.1) is 19.6 Å². The molecule has 4 rings (SSSR count). The van der Waals surface area contributed by atoms with Crippen LogP contribution in [0.5, 0.6) is 5.75 Å². The number of pyridine rings is 1. The van der Waals surface area contributed by atoms with E-state index in [9.17, 15) is 18.7 Å². The third kappa shape index (κ3) is 5.91. The number of carbonyl (C=O) groups is 1. The summed E-state index contributed by atoms with van der Waals surface area (Å²) in [5.74, 6) is -0.262. The van der Waals surface area contributed by atoms with E-state index >= 15 is 0 Å². The van der Waals surface area contributed by atoms with Crippen molar-refractivity contribution in [1.29, 1.82) is 0 Å². The Balaban J connectivity index is 1.72. The molecule has 1 aromatic heterocycles. The molecule has 0 saturated carbocycles. The number of ether oxygens (including phenoxy) is 2. The highest BCUT2D eigenvalue weighted by atomic mass is 32.3. The quantitative estimate of drug-likeness (QED) is 0.414. The summed E-state index contributed by atoms with van der Waals surface area (Å²) in [6.07, 6.45) is 1.52. The molecule has 2 N–H and O–H groups in total. The van der Waals surface area contributed by atoms with Crippen molar-refractivity contribution >= 4 is 16.7 Å². The molecule has 0 saturated heterocycles. The zero-order chi connectivity index (χ0) is 26.7. The first-order valence-corrected chi connectivity index (χ1v) is 13.8. The van der Waals surface area contributed by atoms with Crippen LogP contribution in [-0.4, -0.2) is 43.2 Å². The average Bonchev–Trinajstić information content (AvgIpc) is 2.94. The standard InChI is InChI=1S/C28H34N2O6S/c1-5-35-28(32)16-24(22-12-13-29(4)27(31)15-22)21-11-10-19(2)23(14-21)18-30-17-20(3)36-25-8-6-7-9-26(25)37(30,33)34/h6-15,20,24,33-34H,5,16-18H2,1-4H3/t20-,24?/m1/s1. The third-order valence-corrected chi connectivity index (χ3v) is 8.55. The highest BCUT2D eigenvalue weighted by molar-refractivity contribution is 8.22. The minimum atomic E-state index is -3.30. The van der Waals surface area contributed by atoms with Crippen molar-refractivity contribution in [1.82, 2.24) is 8.87 Å². The van der Waals surface area contributed by atoms with E-state index in [1.165, 1.54) is 4.57 Å². The fourth-order valence-electron chi connectivity index (χ4n) is 4.58. The number of rotatable bonds is 7. The number of para-hydroxylation sites is 1. The molecule has 198 valence electrons. The maximum absolute atomic E-state index is 12.5. The lowest BCUT2D eigenvalue weighted by atomic mass is 9.87. The van der Waals surface area contributed by atoms with Gasteiger partial charge in [-0.1, -0.05) is 30.3 Å². The Bertz CT molecular complexity index is 1340. The van der Waals surface area contributed by atoms with Crippen LogP contribution in [0.3, 0.4) is 0 Å². The minimum absolute atomic E-state index is 0.0840. The Labute approximate surface area is 218 Å². The lowest BCUT2D eigenvalue weighted by Gasteiger charge is -2.42. The Morgan fingerprint density at radius 2 is 1.89 bits per heavy atom. The second-order valence-corrected chi connectivity index (χ2v) is 11.4. The number of fused-ring (bicyclic) bond motifs is 1. The zero-order valence-corrected chi connectivity index (χ0v) is 22.4. The SMILES string of the molecule is CCOC(=O)CC(c1ccc(C)c(CN2C[C@@H](C)Oc3ccccc3S2(O)O)c1)c1ccn(C)c(=O)c1. The molecule has 1 unspecified atom stereocenters. The summed E-state index contributed by atoms with van der Waals surface area (Å²) in [4.78, 5) is 25.3. The summed E-state index contributed by atoms with van der Waals surface area (Å²) in [6.45, 7) is 6.50. The van der Waals surface area contributed by atoms with Crippen molar-refractivity contribution in [2.45, 2.75) is 50.7 Å². The van der Waals surface area contributed by atoms with Crippen LogP contribution in [0, 0.1) is 6.92 Å². The maximum atomic E-state index is 12.5. The predicted octanol–water partition coefficient (Wildman–Crippen LogP) is 5.09. The van der Waals surface area contributed by atoms with Crippen molar-refractivity contribution < 1.29 is 23.4 Å². The molecular weight excluding hydrogens is 492 g/mol. The van der Waals surface area contributed by atoms with Crippen molar-refractivity contribution in [3.05, 3.63) is 93.4 Å². The van der Waals surface area contributed by atoms with Crippen LogP contribution in [0.25, 0.3) is 0 Å². The molecule has 3 aromatic rings. The molecule has 8 nitrogen and oxygen atoms in total. The van der Waals surface area contributed by atoms with E-state index in [-0.39, 0.29) is 43.1 Å². The van der Waals surface area contributed by atoms with Gasteiger partial charge in [0, 0.05) is 31.8 Å². The fraction of sp³-hybridized carbons (Fsp3) is 0.357. The smallest absolute Gasteiger partial charge is 0.306 e. The molecule has 0 aliphatic carbocycles. The van der Waals surface area contributed by atoms with E-state index in [1.54, 1.807) is 48.7 Å². The maximum Gasteiger partial charge on any atom is 0.306 e. The highest BCUT2D eigenvalue weighted by Crippen LogP contribution is 2.57. The van der Waals surface area contributed by atoms with Gasteiger partial charge < -0.3 is 14.0 Å². The van der Waals surface area contributed by atoms with Gasteiger partial charge in [0.25, 0.3) is 5.56 Å². The molecule has 0 fully saturated rings. The number of benzene rings is 2. The van der Waals surface area contributed by atoms with E-state index in [0.29, 0.717) is 17.2 Å². The van der Waals surface area contributed by atoms with Crippen LogP contribution in [-0.2, 0) is 23.1 Å². The first-order valence-electron chi connectivity index (χ1n) is 12.3. The van der Waals surface area contributed by atoms with E-state index in [4.69, 9.17) is 9.47 Å². The minimum Gasteiger partial charge on any atom is -0.487 e. The Hall–Kier alpha value is -3.11. The molecule has 2 heterocycles. The number of hydrogen-bond acceptors (Lipinski definition) is 7. The highest BCUT2D eigenvalue weighted by Gasteiger charge is 2.34. The lowest BCUT2D eigenvalue weighted by molar-refractivity contribution is -0.143. The van der Waals surface area contributed by atoms with Gasteiger partial charge in [-0.25, -0.2) is 0 Å². The summed E-state index contributed by atoms with van der Waals surface area (Å²) < 4.78 is 37.0. The van der Waals surface area contributed by atoms with Crippen molar-refractivity contribution in [2.75, 3.05) is 13.2 Å². The van der Waals surface area contributed by atoms with Crippen molar-refractivity contribution in [3.8, 4) is 5.75 Å². The first-order chi connectivity index (χ1) is 17.6. The summed E-state index contributed by atoms with van der Waals surface area (Å²) in [5.41, 5.74) is 3.27. The predicted molar refractivity (Wildman–Crippen MR) is 144 cm³/mol. The number of aryl methyl sites for hydroxylation is 2. The van der Waals surface area contributed by atoms with Gasteiger partial charge >= 0.3 is 5.97 Å². The van der Waals surface area contributed by atoms with E-state index in [0.717, 1.165) is 22.3 Å². The third-order valence-electron chi connectivity index (χ3n) is 6.62. The Morgan fingerprint density at radius 3 is 2.62 bits per heavy atom. The largest absolute Gasteiger partial charge is 0.487 e. The second-order valence-electron chi connectivity index (χ2n) is 9.37. The lowest BCUT2D eigenvalue weighted by Crippen LogP contribution is -2.33. The van der Waals surface area contributed by atoms with Gasteiger partial charge in [0.15, 0.2) is 0 Å². The van der Waals surface area contributed by atoms with Gasteiger partial charge in [-0.15, -0.1) is 10.8 Å². The summed E-state index contributed by atoms with van der Waals surface area (Å²) >= 11 is 0. The number of carbonyl (C=O) groups excluding carboxylic acids is 1. The van der Waals surface area contributed by atoms with Crippen LogP contribution in [0.2, 0.25) is 0 Å². The van der Waals surface area contributed by atoms with Gasteiger partial charge in [0.1, 0.15) is 16.7 Å². The monoisotopic (exact) mass is 526 g/mol. The summed E-state index contributed by atoms with van der Waals surface area (Å²) in [6, 6.07) is 16.3.